The molecule has 12 heteroatoms. The molecule has 2 N–H and O–H groups in total. The highest BCUT2D eigenvalue weighted by Gasteiger charge is 2.51. The van der Waals surface area contributed by atoms with E-state index in [1.54, 1.807) is 42.3 Å². The van der Waals surface area contributed by atoms with Crippen LogP contribution in [-0.2, 0) is 4.79 Å². The fourth-order valence-electron chi connectivity index (χ4n) is 7.21. The molecule has 1 spiro atoms. The Bertz CT molecular complexity index is 1500. The maximum atomic E-state index is 13.8. The molecule has 5 heterocycles. The number of rotatable bonds is 3. The quantitative estimate of drug-likeness (QED) is 0.460. The van der Waals surface area contributed by atoms with Crippen molar-refractivity contribution in [2.75, 3.05) is 32.7 Å². The average Bonchev–Trinajstić information content (AvgIpc) is 3.38. The van der Waals surface area contributed by atoms with Gasteiger partial charge in [-0.15, -0.1) is 5.10 Å². The molecule has 3 aliphatic rings. The van der Waals surface area contributed by atoms with Crippen molar-refractivity contribution in [3.8, 4) is 16.9 Å². The van der Waals surface area contributed by atoms with Gasteiger partial charge in [-0.2, -0.15) is 0 Å². The van der Waals surface area contributed by atoms with Crippen molar-refractivity contribution in [1.29, 1.82) is 0 Å². The first kappa shape index (κ1) is 29.3. The molecular weight excluding hydrogens is 575 g/mol. The Kier molecular flexibility index (Phi) is 8.42. The summed E-state index contributed by atoms with van der Waals surface area (Å²) >= 11 is 12.4. The van der Waals surface area contributed by atoms with Crippen molar-refractivity contribution in [1.82, 2.24) is 40.1 Å². The van der Waals surface area contributed by atoms with Gasteiger partial charge in [-0.25, -0.2) is 9.67 Å². The predicted octanol–water partition coefficient (Wildman–Crippen LogP) is 3.97. The normalized spacial score (nSPS) is 26.2. The van der Waals surface area contributed by atoms with Gasteiger partial charge in [-0.1, -0.05) is 41.8 Å². The van der Waals surface area contributed by atoms with Crippen LogP contribution < -0.4 is 16.2 Å². The summed E-state index contributed by atoms with van der Waals surface area (Å²) in [6, 6.07) is 7.07. The second-order valence-electron chi connectivity index (χ2n) is 12.4. The van der Waals surface area contributed by atoms with E-state index in [2.05, 4.69) is 27.9 Å². The average molecular weight is 614 g/mol. The van der Waals surface area contributed by atoms with E-state index in [1.165, 1.54) is 0 Å². The topological polar surface area (TPSA) is 110 Å². The smallest absolute Gasteiger partial charge is 0.254 e. The lowest BCUT2D eigenvalue weighted by atomic mass is 9.64. The minimum absolute atomic E-state index is 0.0181. The molecule has 3 aliphatic heterocycles. The zero-order valence-corrected chi connectivity index (χ0v) is 25.6. The van der Waals surface area contributed by atoms with Crippen LogP contribution in [0.3, 0.4) is 0 Å². The van der Waals surface area contributed by atoms with E-state index in [9.17, 15) is 9.59 Å². The fourth-order valence-corrected chi connectivity index (χ4v) is 7.51. The maximum Gasteiger partial charge on any atom is 0.254 e. The van der Waals surface area contributed by atoms with Crippen LogP contribution in [0.5, 0.6) is 0 Å². The summed E-state index contributed by atoms with van der Waals surface area (Å²) in [6.45, 7) is 8.36. The summed E-state index contributed by atoms with van der Waals surface area (Å²) in [5, 5.41) is 16.3. The van der Waals surface area contributed by atoms with Gasteiger partial charge in [0.1, 0.15) is 0 Å². The minimum atomic E-state index is -0.0978. The van der Waals surface area contributed by atoms with Crippen LogP contribution in [0.15, 0.2) is 41.6 Å². The van der Waals surface area contributed by atoms with Crippen LogP contribution >= 0.6 is 23.2 Å². The van der Waals surface area contributed by atoms with Gasteiger partial charge in [0.15, 0.2) is 5.15 Å². The molecule has 6 rings (SSSR count). The molecule has 224 valence electrons. The minimum Gasteiger partial charge on any atom is -0.342 e. The number of likely N-dealkylation sites (tertiary alicyclic amines) is 1. The Balaban J connectivity index is 1.32. The largest absolute Gasteiger partial charge is 0.342 e. The van der Waals surface area contributed by atoms with Crippen molar-refractivity contribution in [2.24, 2.45) is 17.3 Å². The van der Waals surface area contributed by atoms with Gasteiger partial charge in [0, 0.05) is 54.7 Å². The lowest BCUT2D eigenvalue weighted by Crippen LogP contribution is -2.66. The first-order valence-corrected chi connectivity index (χ1v) is 15.6. The van der Waals surface area contributed by atoms with Crippen molar-refractivity contribution in [3.63, 3.8) is 0 Å². The second kappa shape index (κ2) is 12.1. The van der Waals surface area contributed by atoms with Crippen LogP contribution in [0, 0.1) is 17.3 Å². The Morgan fingerprint density at radius 1 is 1.14 bits per heavy atom. The van der Waals surface area contributed by atoms with Gasteiger partial charge < -0.3 is 15.5 Å². The molecule has 3 fully saturated rings. The van der Waals surface area contributed by atoms with Crippen LogP contribution in [-0.4, -0.2) is 74.1 Å². The summed E-state index contributed by atoms with van der Waals surface area (Å²) in [6.07, 6.45) is 8.34. The molecule has 1 aromatic carbocycles. The second-order valence-corrected chi connectivity index (χ2v) is 13.2. The number of benzene rings is 1. The zero-order valence-electron chi connectivity index (χ0n) is 24.1. The highest BCUT2D eigenvalue weighted by molar-refractivity contribution is 6.31. The molecule has 10 nitrogen and oxygen atoms in total. The molecule has 3 aromatic rings. The number of nitrogens with one attached hydrogen (secondary N) is 2. The van der Waals surface area contributed by atoms with Crippen molar-refractivity contribution in [3.05, 3.63) is 57.3 Å². The summed E-state index contributed by atoms with van der Waals surface area (Å²) in [5.41, 5.74) is 1.85. The molecule has 2 unspecified atom stereocenters. The van der Waals surface area contributed by atoms with Crippen molar-refractivity contribution >= 4 is 29.1 Å². The summed E-state index contributed by atoms with van der Waals surface area (Å²) < 4.78 is 3.38. The maximum absolute atomic E-state index is 13.8. The van der Waals surface area contributed by atoms with E-state index in [0.717, 1.165) is 64.8 Å². The van der Waals surface area contributed by atoms with Crippen LogP contribution in [0.2, 0.25) is 10.2 Å². The third-order valence-corrected chi connectivity index (χ3v) is 9.94. The number of amides is 1. The Morgan fingerprint density at radius 2 is 1.98 bits per heavy atom. The number of hydrogen-bond donors (Lipinski definition) is 2. The number of hydrogen-bond acceptors (Lipinski definition) is 7. The third-order valence-electron chi connectivity index (χ3n) is 9.53. The third kappa shape index (κ3) is 5.86. The van der Waals surface area contributed by atoms with E-state index < -0.39 is 0 Å². The highest BCUT2D eigenvalue weighted by Crippen LogP contribution is 2.44. The SMILES string of the molecule is CC(=O)N1CC2(CNC[C@H](C)CCC[C@H](n3cnc(-c4cc(Cl)ccc4-n4cc(Cl)nn4)cc3=O)C3CC2CCN3)C1. The monoisotopic (exact) mass is 612 g/mol. The number of piperidine rings is 1. The van der Waals surface area contributed by atoms with E-state index in [-0.39, 0.29) is 34.1 Å². The Labute approximate surface area is 255 Å². The number of carbonyl (C=O) groups excluding carboxylic acids is 1. The van der Waals surface area contributed by atoms with Crippen LogP contribution in [0.4, 0.5) is 0 Å². The van der Waals surface area contributed by atoms with Crippen LogP contribution in [0.25, 0.3) is 16.9 Å². The summed E-state index contributed by atoms with van der Waals surface area (Å²) in [7, 11) is 0. The molecule has 0 radical (unpaired) electrons. The predicted molar refractivity (Wildman–Crippen MR) is 163 cm³/mol. The summed E-state index contributed by atoms with van der Waals surface area (Å²) in [4.78, 5) is 32.7. The first-order valence-electron chi connectivity index (χ1n) is 14.9. The van der Waals surface area contributed by atoms with E-state index in [0.29, 0.717) is 33.8 Å². The van der Waals surface area contributed by atoms with Crippen LogP contribution in [0.1, 0.15) is 52.0 Å². The van der Waals surface area contributed by atoms with Crippen molar-refractivity contribution in [2.45, 2.75) is 58.0 Å². The molecular formula is C30H38Cl2N8O2. The molecule has 2 aromatic heterocycles. The Morgan fingerprint density at radius 3 is 2.71 bits per heavy atom. The molecule has 3 saturated heterocycles. The van der Waals surface area contributed by atoms with E-state index in [1.807, 2.05) is 15.5 Å². The van der Waals surface area contributed by atoms with Gasteiger partial charge in [0.2, 0.25) is 5.91 Å². The highest BCUT2D eigenvalue weighted by atomic mass is 35.5. The van der Waals surface area contributed by atoms with Gasteiger partial charge in [-0.3, -0.25) is 14.2 Å². The van der Waals surface area contributed by atoms with Gasteiger partial charge in [-0.05, 0) is 68.8 Å². The molecule has 0 aliphatic carbocycles. The van der Waals surface area contributed by atoms with Gasteiger partial charge in [0.05, 0.1) is 29.9 Å². The number of fused-ring (bicyclic) bond motifs is 3. The van der Waals surface area contributed by atoms with Crippen molar-refractivity contribution < 1.29 is 4.79 Å². The molecule has 0 saturated carbocycles. The number of nitrogens with zero attached hydrogens (tertiary/aromatic N) is 6. The summed E-state index contributed by atoms with van der Waals surface area (Å²) in [5.74, 6) is 1.15. The number of halogens is 2. The number of aromatic nitrogens is 5. The zero-order chi connectivity index (χ0) is 29.4. The number of carbonyl (C=O) groups is 1. The fraction of sp³-hybridized carbons (Fsp3) is 0.567. The molecule has 2 bridgehead atoms. The van der Waals surface area contributed by atoms with Gasteiger partial charge >= 0.3 is 0 Å². The standard InChI is InChI=1S/C30H38Cl2N8O2/c1-19-4-3-5-27(25-10-21(8-9-34-25)30(15-33-13-19)16-38(17-30)20(2)41)39-18-35-24(12-29(39)42)23-11-22(31)6-7-26(23)40-14-28(32)36-37-40/h6-7,11-12,14,18-19,21,25,27,33-34H,3-5,8-10,13,15-17H2,1-2H3/t19-,21?,25?,27+/m1/s1. The lowest BCUT2D eigenvalue weighted by molar-refractivity contribution is -0.146. The molecule has 4 atom stereocenters. The lowest BCUT2D eigenvalue weighted by Gasteiger charge is -2.56. The van der Waals surface area contributed by atoms with Gasteiger partial charge in [0.25, 0.3) is 5.56 Å². The van der Waals surface area contributed by atoms with E-state index in [4.69, 9.17) is 28.2 Å². The first-order chi connectivity index (χ1) is 20.2. The Hall–Kier alpha value is -2.79. The molecule has 42 heavy (non-hydrogen) atoms. The molecule has 1 amide bonds. The van der Waals surface area contributed by atoms with E-state index >= 15 is 0 Å².